The van der Waals surface area contributed by atoms with Gasteiger partial charge in [-0.05, 0) is 52.8 Å². The topological polar surface area (TPSA) is 64.0 Å². The lowest BCUT2D eigenvalue weighted by Gasteiger charge is -2.15. The van der Waals surface area contributed by atoms with E-state index in [1.165, 1.54) is 11.8 Å². The van der Waals surface area contributed by atoms with E-state index >= 15 is 0 Å². The zero-order valence-electron chi connectivity index (χ0n) is 13.8. The lowest BCUT2D eigenvalue weighted by Crippen LogP contribution is -2.26. The summed E-state index contributed by atoms with van der Waals surface area (Å²) in [5, 5.41) is 3.84. The Balaban J connectivity index is 1.84. The third-order valence-corrected chi connectivity index (χ3v) is 6.24. The lowest BCUT2D eigenvalue weighted by molar-refractivity contribution is -0.118. The van der Waals surface area contributed by atoms with Crippen LogP contribution in [0.5, 0.6) is 0 Å². The van der Waals surface area contributed by atoms with Crippen LogP contribution in [0.25, 0.3) is 10.9 Å². The van der Waals surface area contributed by atoms with Crippen LogP contribution in [-0.4, -0.2) is 27.3 Å². The molecule has 1 saturated heterocycles. The Morgan fingerprint density at radius 2 is 2.00 bits per heavy atom. The monoisotopic (exact) mass is 477 g/mol. The maximum Gasteiger partial charge on any atom is 0.262 e. The molecule has 1 fully saturated rings. The number of benzene rings is 2. The van der Waals surface area contributed by atoms with Gasteiger partial charge in [0.2, 0.25) is 5.91 Å². The van der Waals surface area contributed by atoms with E-state index in [0.29, 0.717) is 29.1 Å². The Bertz CT molecular complexity index is 1040. The van der Waals surface area contributed by atoms with Gasteiger partial charge < -0.3 is 5.32 Å². The molecule has 0 radical (unpaired) electrons. The van der Waals surface area contributed by atoms with Crippen LogP contribution >= 0.6 is 34.4 Å². The Hall–Kier alpha value is -1.87. The maximum atomic E-state index is 13.2. The van der Waals surface area contributed by atoms with Crippen molar-refractivity contribution < 1.29 is 4.79 Å². The van der Waals surface area contributed by atoms with Gasteiger partial charge >= 0.3 is 0 Å². The van der Waals surface area contributed by atoms with Crippen molar-refractivity contribution in [2.75, 3.05) is 6.54 Å². The molecule has 5 nitrogen and oxygen atoms in total. The highest BCUT2D eigenvalue weighted by atomic mass is 127. The molecule has 3 aromatic rings. The number of halogens is 1. The van der Waals surface area contributed by atoms with Gasteiger partial charge in [-0.1, -0.05) is 42.1 Å². The summed E-state index contributed by atoms with van der Waals surface area (Å²) in [6.45, 7) is 1.11. The van der Waals surface area contributed by atoms with Crippen molar-refractivity contribution in [2.24, 2.45) is 0 Å². The van der Waals surface area contributed by atoms with Crippen LogP contribution in [0.3, 0.4) is 0 Å². The first-order valence-electron chi connectivity index (χ1n) is 8.30. The van der Waals surface area contributed by atoms with Gasteiger partial charge in [0, 0.05) is 10.1 Å². The van der Waals surface area contributed by atoms with Crippen LogP contribution in [0.2, 0.25) is 0 Å². The van der Waals surface area contributed by atoms with Gasteiger partial charge in [0.15, 0.2) is 5.16 Å². The summed E-state index contributed by atoms with van der Waals surface area (Å²) < 4.78 is 2.68. The third kappa shape index (κ3) is 3.50. The summed E-state index contributed by atoms with van der Waals surface area (Å²) in [7, 11) is 0. The number of nitrogens with zero attached hydrogens (tertiary/aromatic N) is 2. The predicted octanol–water partition coefficient (Wildman–Crippen LogP) is 3.03. The summed E-state index contributed by atoms with van der Waals surface area (Å²) in [6, 6.07) is 15.5. The molecule has 26 heavy (non-hydrogen) atoms. The van der Waals surface area contributed by atoms with Crippen molar-refractivity contribution >= 4 is 51.2 Å². The normalized spacial score (nSPS) is 16.8. The molecule has 0 bridgehead atoms. The van der Waals surface area contributed by atoms with E-state index in [4.69, 9.17) is 4.98 Å². The second-order valence-corrected chi connectivity index (χ2v) is 8.53. The minimum atomic E-state index is -0.203. The van der Waals surface area contributed by atoms with Crippen LogP contribution in [0.15, 0.2) is 58.5 Å². The smallest absolute Gasteiger partial charge is 0.262 e. The second-order valence-electron chi connectivity index (χ2n) is 6.12. The zero-order valence-corrected chi connectivity index (χ0v) is 16.8. The maximum absolute atomic E-state index is 13.2. The minimum Gasteiger partial charge on any atom is -0.355 e. The first-order chi connectivity index (χ1) is 12.6. The molecule has 0 saturated carbocycles. The van der Waals surface area contributed by atoms with Gasteiger partial charge in [0.1, 0.15) is 0 Å². The third-order valence-electron chi connectivity index (χ3n) is 4.31. The largest absolute Gasteiger partial charge is 0.355 e. The summed E-state index contributed by atoms with van der Waals surface area (Å²) in [4.78, 5) is 29.9. The van der Waals surface area contributed by atoms with Crippen LogP contribution in [0.4, 0.5) is 0 Å². The Kier molecular flexibility index (Phi) is 4.99. The number of fused-ring (bicyclic) bond motifs is 1. The number of hydrogen-bond acceptors (Lipinski definition) is 4. The van der Waals surface area contributed by atoms with E-state index in [-0.39, 0.29) is 16.7 Å². The van der Waals surface area contributed by atoms with Crippen molar-refractivity contribution in [1.29, 1.82) is 0 Å². The molecular weight excluding hydrogens is 461 g/mol. The summed E-state index contributed by atoms with van der Waals surface area (Å²) in [5.74, 6) is 0.0122. The number of hydrogen-bond donors (Lipinski definition) is 1. The van der Waals surface area contributed by atoms with Gasteiger partial charge in [0.25, 0.3) is 5.56 Å². The first kappa shape index (κ1) is 17.5. The number of carbonyl (C=O) groups is 1. The molecule has 2 aromatic carbocycles. The standard InChI is InChI=1S/C19H16IN3O2S/c20-13-6-7-15-14(10-13)18(25)23(11-12-4-2-1-3-5-12)19(22-15)26-16-8-9-21-17(16)24/h1-7,10,16H,8-9,11H2,(H,21,24). The predicted molar refractivity (Wildman–Crippen MR) is 112 cm³/mol. The quantitative estimate of drug-likeness (QED) is 0.464. The number of aromatic nitrogens is 2. The zero-order chi connectivity index (χ0) is 18.1. The minimum absolute atomic E-state index is 0.0122. The van der Waals surface area contributed by atoms with E-state index in [1.54, 1.807) is 4.57 Å². The average molecular weight is 477 g/mol. The highest BCUT2D eigenvalue weighted by molar-refractivity contribution is 14.1. The molecule has 1 aliphatic heterocycles. The highest BCUT2D eigenvalue weighted by Gasteiger charge is 2.27. The molecule has 2 heterocycles. The summed E-state index contributed by atoms with van der Waals surface area (Å²) in [6.07, 6.45) is 0.745. The highest BCUT2D eigenvalue weighted by Crippen LogP contribution is 2.27. The van der Waals surface area contributed by atoms with E-state index in [1.807, 2.05) is 48.5 Å². The molecule has 1 N–H and O–H groups in total. The van der Waals surface area contributed by atoms with E-state index in [2.05, 4.69) is 27.9 Å². The molecule has 4 rings (SSSR count). The van der Waals surface area contributed by atoms with Crippen LogP contribution < -0.4 is 10.9 Å². The van der Waals surface area contributed by atoms with Gasteiger partial charge in [-0.3, -0.25) is 14.2 Å². The van der Waals surface area contributed by atoms with Crippen molar-refractivity contribution in [3.8, 4) is 0 Å². The van der Waals surface area contributed by atoms with Crippen LogP contribution in [-0.2, 0) is 11.3 Å². The van der Waals surface area contributed by atoms with Crippen LogP contribution in [0, 0.1) is 3.57 Å². The van der Waals surface area contributed by atoms with Gasteiger partial charge in [-0.2, -0.15) is 0 Å². The Labute approximate surface area is 168 Å². The van der Waals surface area contributed by atoms with Gasteiger partial charge in [-0.25, -0.2) is 4.98 Å². The summed E-state index contributed by atoms with van der Waals surface area (Å²) in [5.41, 5.74) is 1.62. The number of rotatable bonds is 4. The molecule has 1 unspecified atom stereocenters. The molecule has 1 aliphatic rings. The molecule has 132 valence electrons. The fourth-order valence-electron chi connectivity index (χ4n) is 2.98. The van der Waals surface area contributed by atoms with E-state index in [0.717, 1.165) is 15.6 Å². The van der Waals surface area contributed by atoms with Crippen molar-refractivity contribution in [3.63, 3.8) is 0 Å². The van der Waals surface area contributed by atoms with Crippen LogP contribution in [0.1, 0.15) is 12.0 Å². The SMILES string of the molecule is O=C1NCCC1Sc1nc2ccc(I)cc2c(=O)n1Cc1ccccc1. The first-order valence-corrected chi connectivity index (χ1v) is 10.3. The fraction of sp³-hybridized carbons (Fsp3) is 0.211. The van der Waals surface area contributed by atoms with E-state index in [9.17, 15) is 9.59 Å². The lowest BCUT2D eigenvalue weighted by atomic mass is 10.2. The molecular formula is C19H16IN3O2S. The molecule has 7 heteroatoms. The number of nitrogens with one attached hydrogen (secondary N) is 1. The molecule has 1 amide bonds. The van der Waals surface area contributed by atoms with Gasteiger partial charge in [-0.15, -0.1) is 0 Å². The molecule has 1 atom stereocenters. The van der Waals surface area contributed by atoms with Crippen molar-refractivity contribution in [2.45, 2.75) is 23.4 Å². The van der Waals surface area contributed by atoms with Crippen molar-refractivity contribution in [3.05, 3.63) is 68.0 Å². The Morgan fingerprint density at radius 3 is 2.73 bits per heavy atom. The molecule has 0 spiro atoms. The Morgan fingerprint density at radius 1 is 1.19 bits per heavy atom. The molecule has 0 aliphatic carbocycles. The number of carbonyl (C=O) groups excluding carboxylic acids is 1. The number of thioether (sulfide) groups is 1. The van der Waals surface area contributed by atoms with E-state index < -0.39 is 0 Å². The summed E-state index contributed by atoms with van der Waals surface area (Å²) >= 11 is 3.57. The van der Waals surface area contributed by atoms with Gasteiger partial charge in [0.05, 0.1) is 22.7 Å². The second kappa shape index (κ2) is 7.40. The average Bonchev–Trinajstić information content (AvgIpc) is 3.05. The van der Waals surface area contributed by atoms with Crippen molar-refractivity contribution in [1.82, 2.24) is 14.9 Å². The number of amides is 1. The fourth-order valence-corrected chi connectivity index (χ4v) is 4.58. The molecule has 1 aromatic heterocycles.